The fraction of sp³-hybridized carbons (Fsp3) is 1.00. The molecule has 2 nitrogen and oxygen atoms in total. The normalized spacial score (nSPS) is 16.9. The molecule has 2 atom stereocenters. The van der Waals surface area contributed by atoms with Crippen LogP contribution in [-0.2, 0) is 0 Å². The van der Waals surface area contributed by atoms with Crippen LogP contribution in [0.3, 0.4) is 0 Å². The van der Waals surface area contributed by atoms with Gasteiger partial charge < -0.3 is 10.4 Å². The predicted octanol–water partition coefficient (Wildman–Crippen LogP) is 1.39. The third-order valence-electron chi connectivity index (χ3n) is 1.59. The van der Waals surface area contributed by atoms with Crippen LogP contribution in [0.25, 0.3) is 0 Å². The van der Waals surface area contributed by atoms with E-state index >= 15 is 0 Å². The van der Waals surface area contributed by atoms with E-state index in [0.717, 1.165) is 5.92 Å². The Balaban J connectivity index is 3.29. The summed E-state index contributed by atoms with van der Waals surface area (Å²) in [6.07, 6.45) is 0.941. The molecule has 0 amide bonds. The van der Waals surface area contributed by atoms with Gasteiger partial charge in [0.2, 0.25) is 0 Å². The molecule has 0 aliphatic rings. The van der Waals surface area contributed by atoms with E-state index in [0.29, 0.717) is 12.6 Å². The molecule has 2 N–H and O–H groups in total. The SMILES string of the molecule is CC(C)C[C@H](C)NC[C@@H](C)O. The highest BCUT2D eigenvalue weighted by Crippen LogP contribution is 2.03. The van der Waals surface area contributed by atoms with Gasteiger partial charge in [-0.1, -0.05) is 13.8 Å². The van der Waals surface area contributed by atoms with Crippen molar-refractivity contribution >= 4 is 0 Å². The van der Waals surface area contributed by atoms with Crippen LogP contribution in [0.2, 0.25) is 0 Å². The number of nitrogens with one attached hydrogen (secondary N) is 1. The lowest BCUT2D eigenvalue weighted by Gasteiger charge is -2.16. The van der Waals surface area contributed by atoms with Crippen molar-refractivity contribution in [3.63, 3.8) is 0 Å². The Hall–Kier alpha value is -0.0800. The van der Waals surface area contributed by atoms with Gasteiger partial charge in [0.15, 0.2) is 0 Å². The van der Waals surface area contributed by atoms with Crippen LogP contribution in [0.1, 0.15) is 34.1 Å². The van der Waals surface area contributed by atoms with Crippen LogP contribution >= 0.6 is 0 Å². The minimum Gasteiger partial charge on any atom is -0.392 e. The molecule has 0 heterocycles. The number of aliphatic hydroxyl groups is 1. The molecule has 0 rings (SSSR count). The van der Waals surface area contributed by atoms with Crippen molar-refractivity contribution < 1.29 is 5.11 Å². The van der Waals surface area contributed by atoms with Crippen molar-refractivity contribution in [1.29, 1.82) is 0 Å². The summed E-state index contributed by atoms with van der Waals surface area (Å²) in [5.74, 6) is 0.728. The fourth-order valence-corrected chi connectivity index (χ4v) is 1.16. The van der Waals surface area contributed by atoms with E-state index in [4.69, 9.17) is 5.11 Å². The summed E-state index contributed by atoms with van der Waals surface area (Å²) in [4.78, 5) is 0. The van der Waals surface area contributed by atoms with E-state index in [1.165, 1.54) is 6.42 Å². The minimum atomic E-state index is -0.232. The Morgan fingerprint density at radius 1 is 1.18 bits per heavy atom. The van der Waals surface area contributed by atoms with Crippen LogP contribution in [0.4, 0.5) is 0 Å². The quantitative estimate of drug-likeness (QED) is 0.635. The van der Waals surface area contributed by atoms with Crippen molar-refractivity contribution in [2.45, 2.75) is 46.3 Å². The Labute approximate surface area is 70.0 Å². The molecule has 2 heteroatoms. The molecule has 68 valence electrons. The van der Waals surface area contributed by atoms with E-state index in [-0.39, 0.29) is 6.10 Å². The zero-order valence-corrected chi connectivity index (χ0v) is 8.09. The maximum absolute atomic E-state index is 8.97. The Bertz CT molecular complexity index is 91.6. The van der Waals surface area contributed by atoms with Crippen molar-refractivity contribution in [3.05, 3.63) is 0 Å². The molecule has 0 aromatic carbocycles. The summed E-state index contributed by atoms with van der Waals surface area (Å²) in [5.41, 5.74) is 0. The molecular weight excluding hydrogens is 138 g/mol. The second-order valence-electron chi connectivity index (χ2n) is 3.79. The summed E-state index contributed by atoms with van der Waals surface area (Å²) >= 11 is 0. The van der Waals surface area contributed by atoms with Gasteiger partial charge in [0.05, 0.1) is 6.10 Å². The highest BCUT2D eigenvalue weighted by atomic mass is 16.3. The average molecular weight is 159 g/mol. The lowest BCUT2D eigenvalue weighted by Crippen LogP contribution is -2.33. The first-order valence-corrected chi connectivity index (χ1v) is 4.43. The Morgan fingerprint density at radius 2 is 1.73 bits per heavy atom. The van der Waals surface area contributed by atoms with Crippen molar-refractivity contribution in [2.24, 2.45) is 5.92 Å². The van der Waals surface area contributed by atoms with Crippen LogP contribution < -0.4 is 5.32 Å². The smallest absolute Gasteiger partial charge is 0.0636 e. The van der Waals surface area contributed by atoms with Crippen LogP contribution in [0.5, 0.6) is 0 Å². The lowest BCUT2D eigenvalue weighted by atomic mass is 10.1. The zero-order chi connectivity index (χ0) is 8.85. The van der Waals surface area contributed by atoms with E-state index in [2.05, 4.69) is 26.1 Å². The van der Waals surface area contributed by atoms with E-state index < -0.39 is 0 Å². The van der Waals surface area contributed by atoms with Crippen LogP contribution in [0, 0.1) is 5.92 Å². The summed E-state index contributed by atoms with van der Waals surface area (Å²) in [7, 11) is 0. The van der Waals surface area contributed by atoms with E-state index in [1.807, 2.05) is 0 Å². The number of aliphatic hydroxyl groups excluding tert-OH is 1. The molecule has 0 unspecified atom stereocenters. The van der Waals surface area contributed by atoms with Crippen LogP contribution in [-0.4, -0.2) is 23.8 Å². The van der Waals surface area contributed by atoms with Crippen molar-refractivity contribution in [3.8, 4) is 0 Å². The van der Waals surface area contributed by atoms with Gasteiger partial charge in [-0.15, -0.1) is 0 Å². The largest absolute Gasteiger partial charge is 0.392 e. The number of hydrogen-bond donors (Lipinski definition) is 2. The van der Waals surface area contributed by atoms with Gasteiger partial charge in [0.1, 0.15) is 0 Å². The van der Waals surface area contributed by atoms with Gasteiger partial charge in [0.25, 0.3) is 0 Å². The molecular formula is C9H21NO. The Morgan fingerprint density at radius 3 is 2.09 bits per heavy atom. The van der Waals surface area contributed by atoms with Gasteiger partial charge >= 0.3 is 0 Å². The number of rotatable bonds is 5. The van der Waals surface area contributed by atoms with E-state index in [9.17, 15) is 0 Å². The summed E-state index contributed by atoms with van der Waals surface area (Å²) in [6, 6.07) is 0.518. The average Bonchev–Trinajstić information content (AvgIpc) is 1.82. The molecule has 0 fully saturated rings. The first kappa shape index (κ1) is 10.9. The van der Waals surface area contributed by atoms with E-state index in [1.54, 1.807) is 6.92 Å². The van der Waals surface area contributed by atoms with Crippen molar-refractivity contribution in [1.82, 2.24) is 5.32 Å². The molecule has 0 aliphatic carbocycles. The summed E-state index contributed by atoms with van der Waals surface area (Å²) in [6.45, 7) is 9.08. The second kappa shape index (κ2) is 5.56. The first-order valence-electron chi connectivity index (χ1n) is 4.43. The summed E-state index contributed by atoms with van der Waals surface area (Å²) < 4.78 is 0. The standard InChI is InChI=1S/C9H21NO/c1-7(2)5-8(3)10-6-9(4)11/h7-11H,5-6H2,1-4H3/t8-,9+/m0/s1. The monoisotopic (exact) mass is 159 g/mol. The molecule has 0 bridgehead atoms. The van der Waals surface area contributed by atoms with Gasteiger partial charge in [0, 0.05) is 12.6 Å². The second-order valence-corrected chi connectivity index (χ2v) is 3.79. The van der Waals surface area contributed by atoms with Gasteiger partial charge in [-0.25, -0.2) is 0 Å². The van der Waals surface area contributed by atoms with Gasteiger partial charge in [-0.05, 0) is 26.2 Å². The van der Waals surface area contributed by atoms with Gasteiger partial charge in [-0.2, -0.15) is 0 Å². The third kappa shape index (κ3) is 7.82. The third-order valence-corrected chi connectivity index (χ3v) is 1.59. The maximum Gasteiger partial charge on any atom is 0.0636 e. The minimum absolute atomic E-state index is 0.232. The molecule has 0 saturated heterocycles. The molecule has 0 spiro atoms. The molecule has 0 saturated carbocycles. The molecule has 0 aromatic rings. The zero-order valence-electron chi connectivity index (χ0n) is 8.09. The first-order chi connectivity index (χ1) is 5.02. The topological polar surface area (TPSA) is 32.3 Å². The maximum atomic E-state index is 8.97. The molecule has 11 heavy (non-hydrogen) atoms. The molecule has 0 aromatic heterocycles. The predicted molar refractivity (Wildman–Crippen MR) is 48.6 cm³/mol. The summed E-state index contributed by atoms with van der Waals surface area (Å²) in [5, 5.41) is 12.2. The fourth-order valence-electron chi connectivity index (χ4n) is 1.16. The Kier molecular flexibility index (Phi) is 5.51. The number of hydrogen-bond acceptors (Lipinski definition) is 2. The molecule has 0 radical (unpaired) electrons. The van der Waals surface area contributed by atoms with Gasteiger partial charge in [-0.3, -0.25) is 0 Å². The molecule has 0 aliphatic heterocycles. The highest BCUT2D eigenvalue weighted by molar-refractivity contribution is 4.64. The van der Waals surface area contributed by atoms with Crippen molar-refractivity contribution in [2.75, 3.05) is 6.54 Å². The highest BCUT2D eigenvalue weighted by Gasteiger charge is 2.04. The lowest BCUT2D eigenvalue weighted by molar-refractivity contribution is 0.185. The van der Waals surface area contributed by atoms with Crippen LogP contribution in [0.15, 0.2) is 0 Å².